The molecule has 9 heteroatoms. The molecular weight excluding hydrogens is 472 g/mol. The first-order valence-electron chi connectivity index (χ1n) is 7.24. The minimum absolute atomic E-state index is 0.423. The molecule has 0 aliphatic carbocycles. The second-order valence-electron chi connectivity index (χ2n) is 4.81. The van der Waals surface area contributed by atoms with Gasteiger partial charge in [0, 0.05) is 0 Å². The van der Waals surface area contributed by atoms with Crippen molar-refractivity contribution >= 4 is 30.4 Å². The van der Waals surface area contributed by atoms with Gasteiger partial charge in [-0.15, -0.1) is 0 Å². The molecule has 0 fully saturated rings. The van der Waals surface area contributed by atoms with Crippen LogP contribution in [0, 0.1) is 7.14 Å². The van der Waals surface area contributed by atoms with Crippen LogP contribution in [0.4, 0.5) is 13.2 Å². The average Bonchev–Trinajstić information content (AvgIpc) is 2.58. The van der Waals surface area contributed by atoms with Crippen LogP contribution in [0.5, 0.6) is 5.75 Å². The molecule has 0 spiro atoms. The van der Waals surface area contributed by atoms with Gasteiger partial charge in [0.25, 0.3) is 0 Å². The number of hydrogen-bond donors (Lipinski definition) is 0. The normalized spacial score (nSPS) is 12.7. The summed E-state index contributed by atoms with van der Waals surface area (Å²) < 4.78 is 72.1. The Hall–Kier alpha value is -1.33. The zero-order valence-electron chi connectivity index (χ0n) is 13.2. The molecule has 4 nitrogen and oxygen atoms in total. The van der Waals surface area contributed by atoms with Crippen molar-refractivity contribution in [2.24, 2.45) is 0 Å². The summed E-state index contributed by atoms with van der Waals surface area (Å²) in [4.78, 5) is 0. The molecule has 0 N–H and O–H groups in total. The molecule has 2 aromatic carbocycles. The van der Waals surface area contributed by atoms with E-state index in [1.807, 2.05) is 6.92 Å². The average molecular weight is 488 g/mol. The van der Waals surface area contributed by atoms with Gasteiger partial charge in [-0.25, -0.2) is 0 Å². The Morgan fingerprint density at radius 1 is 0.960 bits per heavy atom. The number of halogens is 4. The molecule has 25 heavy (non-hydrogen) atoms. The van der Waals surface area contributed by atoms with Crippen LogP contribution < -0.4 is 4.74 Å². The van der Waals surface area contributed by atoms with Gasteiger partial charge in [0.1, 0.15) is 0 Å². The summed E-state index contributed by atoms with van der Waals surface area (Å²) in [7, 11) is -5.68. The molecule has 2 aromatic rings. The molecule has 2 rings (SSSR count). The molecule has 0 radical (unpaired) electrons. The van der Waals surface area contributed by atoms with Gasteiger partial charge >= 0.3 is 152 Å². The molecule has 0 bridgehead atoms. The van der Waals surface area contributed by atoms with Crippen molar-refractivity contribution in [3.8, 4) is 5.75 Å². The van der Waals surface area contributed by atoms with E-state index in [9.17, 15) is 21.6 Å². The zero-order chi connectivity index (χ0) is 18.5. The van der Waals surface area contributed by atoms with Gasteiger partial charge in [0.15, 0.2) is 0 Å². The van der Waals surface area contributed by atoms with E-state index in [0.717, 1.165) is 6.42 Å². The third-order valence-corrected chi connectivity index (χ3v) is 9.90. The molecular formula is C16H16F3IO4S. The van der Waals surface area contributed by atoms with Crippen LogP contribution in [0.15, 0.2) is 54.6 Å². The number of rotatable bonds is 7. The Morgan fingerprint density at radius 2 is 1.52 bits per heavy atom. The topological polar surface area (TPSA) is 52.6 Å². The maximum absolute atomic E-state index is 12.7. The number of alkyl halides is 3. The molecule has 0 aliphatic rings. The second kappa shape index (κ2) is 8.37. The van der Waals surface area contributed by atoms with E-state index >= 15 is 0 Å². The van der Waals surface area contributed by atoms with Gasteiger partial charge in [-0.1, -0.05) is 0 Å². The van der Waals surface area contributed by atoms with Crippen molar-refractivity contribution in [2.45, 2.75) is 18.9 Å². The van der Waals surface area contributed by atoms with Crippen LogP contribution >= 0.6 is 20.2 Å². The Labute approximate surface area is 152 Å². The van der Waals surface area contributed by atoms with Crippen LogP contribution in [0.25, 0.3) is 0 Å². The Balaban J connectivity index is 2.36. The summed E-state index contributed by atoms with van der Waals surface area (Å²) in [5.74, 6) is 0.563. The summed E-state index contributed by atoms with van der Waals surface area (Å²) in [5, 5.41) is 0. The first-order chi connectivity index (χ1) is 11.7. The van der Waals surface area contributed by atoms with Crippen LogP contribution in [0.2, 0.25) is 0 Å². The summed E-state index contributed by atoms with van der Waals surface area (Å²) in [6.07, 6.45) is 0.817. The quantitative estimate of drug-likeness (QED) is 0.415. The summed E-state index contributed by atoms with van der Waals surface area (Å²) >= 11 is -3.30. The van der Waals surface area contributed by atoms with Gasteiger partial charge < -0.3 is 0 Å². The van der Waals surface area contributed by atoms with E-state index in [2.05, 4.69) is 2.51 Å². The molecule has 0 aliphatic heterocycles. The van der Waals surface area contributed by atoms with E-state index in [1.54, 1.807) is 54.6 Å². The second-order valence-corrected chi connectivity index (χ2v) is 11.3. The third kappa shape index (κ3) is 5.32. The van der Waals surface area contributed by atoms with Crippen molar-refractivity contribution in [1.82, 2.24) is 0 Å². The summed E-state index contributed by atoms with van der Waals surface area (Å²) in [6, 6.07) is 14.4. The Bertz CT molecular complexity index is 777. The molecule has 0 atom stereocenters. The van der Waals surface area contributed by atoms with Crippen molar-refractivity contribution in [1.29, 1.82) is 0 Å². The fourth-order valence-electron chi connectivity index (χ4n) is 1.71. The van der Waals surface area contributed by atoms with E-state index in [-0.39, 0.29) is 0 Å². The number of hydrogen-bond acceptors (Lipinski definition) is 4. The van der Waals surface area contributed by atoms with Crippen molar-refractivity contribution < 1.29 is 28.8 Å². The van der Waals surface area contributed by atoms with Gasteiger partial charge in [-0.2, -0.15) is 0 Å². The standard InChI is InChI=1S/C16H16F3IO4S/c1-2-12-23-15-10-8-14(9-11-15)20(13-6-4-3-5-7-13)24-25(21,22)16(17,18)19/h3-11H,2,12H2,1H3. The predicted octanol–water partition coefficient (Wildman–Crippen LogP) is 4.80. The first kappa shape index (κ1) is 20.0. The van der Waals surface area contributed by atoms with Gasteiger partial charge in [-0.05, 0) is 0 Å². The minimum atomic E-state index is -5.68. The molecule has 0 saturated heterocycles. The van der Waals surface area contributed by atoms with Crippen LogP contribution in [0.3, 0.4) is 0 Å². The zero-order valence-corrected chi connectivity index (χ0v) is 16.1. The van der Waals surface area contributed by atoms with Crippen LogP contribution in [-0.2, 0) is 12.6 Å². The number of benzene rings is 2. The fraction of sp³-hybridized carbons (Fsp3) is 0.250. The van der Waals surface area contributed by atoms with E-state index in [4.69, 9.17) is 4.74 Å². The molecule has 0 heterocycles. The molecule has 0 saturated carbocycles. The van der Waals surface area contributed by atoms with E-state index in [1.165, 1.54) is 0 Å². The molecule has 0 aromatic heterocycles. The Morgan fingerprint density at radius 3 is 2.04 bits per heavy atom. The molecule has 0 amide bonds. The SMILES string of the molecule is CCCOc1ccc(I(OS(=O)(=O)C(F)(F)F)c2ccccc2)cc1. The third-order valence-electron chi connectivity index (χ3n) is 2.85. The summed E-state index contributed by atoms with van der Waals surface area (Å²) in [5.41, 5.74) is -5.46. The number of ether oxygens (including phenoxy) is 1. The van der Waals surface area contributed by atoms with Crippen LogP contribution in [0.1, 0.15) is 13.3 Å². The van der Waals surface area contributed by atoms with Crippen LogP contribution in [-0.4, -0.2) is 20.5 Å². The fourth-order valence-corrected chi connectivity index (χ4v) is 8.17. The van der Waals surface area contributed by atoms with E-state index < -0.39 is 35.9 Å². The van der Waals surface area contributed by atoms with Crippen molar-refractivity contribution in [3.63, 3.8) is 0 Å². The van der Waals surface area contributed by atoms with Gasteiger partial charge in [0.05, 0.1) is 0 Å². The Kier molecular flexibility index (Phi) is 6.69. The monoisotopic (exact) mass is 488 g/mol. The van der Waals surface area contributed by atoms with Crippen molar-refractivity contribution in [2.75, 3.05) is 6.61 Å². The van der Waals surface area contributed by atoms with E-state index in [0.29, 0.717) is 19.5 Å². The van der Waals surface area contributed by atoms with Gasteiger partial charge in [0.2, 0.25) is 0 Å². The first-order valence-corrected chi connectivity index (χ1v) is 11.7. The predicted molar refractivity (Wildman–Crippen MR) is 96.1 cm³/mol. The maximum atomic E-state index is 12.7. The van der Waals surface area contributed by atoms with Gasteiger partial charge in [-0.3, -0.25) is 0 Å². The molecule has 0 unspecified atom stereocenters. The summed E-state index contributed by atoms with van der Waals surface area (Å²) in [6.45, 7) is 2.46. The molecule has 138 valence electrons. The van der Waals surface area contributed by atoms with Crippen molar-refractivity contribution in [3.05, 3.63) is 61.7 Å².